The van der Waals surface area contributed by atoms with E-state index >= 15 is 0 Å². The number of hydrogen-bond acceptors (Lipinski definition) is 6. The fraction of sp³-hybridized carbons (Fsp3) is 0.471. The van der Waals surface area contributed by atoms with Crippen molar-refractivity contribution in [1.29, 1.82) is 0 Å². The molecule has 3 aromatic rings. The van der Waals surface area contributed by atoms with Crippen molar-refractivity contribution in [3.63, 3.8) is 0 Å². The first kappa shape index (κ1) is 34.5. The molecule has 0 spiro atoms. The molecule has 0 aliphatic carbocycles. The number of nitrogens with zero attached hydrogens (tertiary/aromatic N) is 3. The lowest BCUT2D eigenvalue weighted by Crippen LogP contribution is -2.56. The van der Waals surface area contributed by atoms with E-state index in [0.717, 1.165) is 24.0 Å². The highest BCUT2D eigenvalue weighted by Gasteiger charge is 2.32. The van der Waals surface area contributed by atoms with Gasteiger partial charge in [-0.15, -0.1) is 0 Å². The first-order valence-corrected chi connectivity index (χ1v) is 14.9. The summed E-state index contributed by atoms with van der Waals surface area (Å²) >= 11 is 0. The van der Waals surface area contributed by atoms with Crippen molar-refractivity contribution in [2.24, 2.45) is 17.6 Å². The number of aromatic nitrogens is 2. The van der Waals surface area contributed by atoms with Gasteiger partial charge in [0.25, 0.3) is 5.91 Å². The molecule has 2 heterocycles. The number of carbonyl (C=O) groups is 3. The number of carbonyl (C=O) groups excluding carboxylic acids is 3. The van der Waals surface area contributed by atoms with Crippen LogP contribution in [0, 0.1) is 11.8 Å². The molecule has 0 bridgehead atoms. The van der Waals surface area contributed by atoms with Gasteiger partial charge in [0, 0.05) is 19.3 Å². The number of rotatable bonds is 12. The molecular formula is C34H48N6O4. The predicted molar refractivity (Wildman–Crippen MR) is 173 cm³/mol. The molecule has 44 heavy (non-hydrogen) atoms. The van der Waals surface area contributed by atoms with E-state index in [0.29, 0.717) is 24.9 Å². The van der Waals surface area contributed by atoms with Crippen LogP contribution < -0.4 is 16.4 Å². The minimum atomic E-state index is -1.19. The second-order valence-electron chi connectivity index (χ2n) is 12.2. The lowest BCUT2D eigenvalue weighted by Gasteiger charge is -2.36. The van der Waals surface area contributed by atoms with Crippen molar-refractivity contribution in [3.05, 3.63) is 84.3 Å². The standard InChI is InChI=1S/C33H44N6O4.CH4/c1-23(2)25-15-17-38(18-16-25)31(41)29(26-13-9-6-10-14-26)39-19-28(35-22-39)37-30(40)27(36-32(42)33(3,4)34)21-43-20-24-11-7-5-8-12-24;/h5-14,19,22-23,25,27,29H,15-18,20-21,34H2,1-4H3,(H,36,42)(H,37,40);1H4/t27-,29?;/m1./s1. The number of nitrogens with one attached hydrogen (secondary N) is 2. The molecule has 10 heteroatoms. The zero-order chi connectivity index (χ0) is 31.0. The Morgan fingerprint density at radius 3 is 2.23 bits per heavy atom. The van der Waals surface area contributed by atoms with Crippen LogP contribution in [0.5, 0.6) is 0 Å². The maximum atomic E-state index is 13.9. The molecule has 1 aliphatic rings. The molecule has 10 nitrogen and oxygen atoms in total. The molecule has 2 aromatic carbocycles. The lowest BCUT2D eigenvalue weighted by molar-refractivity contribution is -0.135. The zero-order valence-corrected chi connectivity index (χ0v) is 25.5. The van der Waals surface area contributed by atoms with Crippen molar-refractivity contribution in [1.82, 2.24) is 19.8 Å². The normalized spacial score (nSPS) is 15.3. The van der Waals surface area contributed by atoms with Gasteiger partial charge in [0.15, 0.2) is 5.82 Å². The van der Waals surface area contributed by atoms with Gasteiger partial charge >= 0.3 is 0 Å². The quantitative estimate of drug-likeness (QED) is 0.281. The summed E-state index contributed by atoms with van der Waals surface area (Å²) in [4.78, 5) is 46.2. The fourth-order valence-corrected chi connectivity index (χ4v) is 5.19. The molecule has 1 aromatic heterocycles. The molecule has 3 amide bonds. The minimum absolute atomic E-state index is 0. The Morgan fingerprint density at radius 2 is 1.64 bits per heavy atom. The van der Waals surface area contributed by atoms with Crippen molar-refractivity contribution in [3.8, 4) is 0 Å². The second-order valence-corrected chi connectivity index (χ2v) is 12.2. The van der Waals surface area contributed by atoms with E-state index < -0.39 is 29.4 Å². The highest BCUT2D eigenvalue weighted by atomic mass is 16.5. The number of anilines is 1. The number of imidazole rings is 1. The van der Waals surface area contributed by atoms with Gasteiger partial charge < -0.3 is 30.6 Å². The Hall–Kier alpha value is -4.02. The number of nitrogens with two attached hydrogens (primary N) is 1. The lowest BCUT2D eigenvalue weighted by atomic mass is 9.86. The third-order valence-electron chi connectivity index (χ3n) is 7.90. The largest absolute Gasteiger partial charge is 0.374 e. The molecule has 2 atom stereocenters. The number of benzene rings is 2. The maximum Gasteiger partial charge on any atom is 0.250 e. The van der Waals surface area contributed by atoms with Gasteiger partial charge in [-0.25, -0.2) is 4.98 Å². The summed E-state index contributed by atoms with van der Waals surface area (Å²) < 4.78 is 7.51. The Morgan fingerprint density at radius 1 is 1.02 bits per heavy atom. The summed E-state index contributed by atoms with van der Waals surface area (Å²) in [7, 11) is 0. The van der Waals surface area contributed by atoms with Crippen LogP contribution in [-0.4, -0.2) is 63.4 Å². The number of hydrogen-bond donors (Lipinski definition) is 3. The zero-order valence-electron chi connectivity index (χ0n) is 25.5. The highest BCUT2D eigenvalue weighted by molar-refractivity contribution is 5.98. The van der Waals surface area contributed by atoms with E-state index in [2.05, 4.69) is 29.5 Å². The van der Waals surface area contributed by atoms with Crippen molar-refractivity contribution < 1.29 is 19.1 Å². The molecule has 4 N–H and O–H groups in total. The van der Waals surface area contributed by atoms with Gasteiger partial charge in [-0.1, -0.05) is 81.9 Å². The van der Waals surface area contributed by atoms with Crippen LogP contribution in [0.4, 0.5) is 5.82 Å². The van der Waals surface area contributed by atoms with Crippen LogP contribution in [0.2, 0.25) is 0 Å². The molecule has 1 fully saturated rings. The summed E-state index contributed by atoms with van der Waals surface area (Å²) in [5.41, 5.74) is 6.55. The third kappa shape index (κ3) is 9.24. The molecule has 4 rings (SSSR count). The predicted octanol–water partition coefficient (Wildman–Crippen LogP) is 4.38. The monoisotopic (exact) mass is 604 g/mol. The van der Waals surface area contributed by atoms with Crippen LogP contribution in [0.15, 0.2) is 73.2 Å². The molecule has 1 saturated heterocycles. The average molecular weight is 605 g/mol. The van der Waals surface area contributed by atoms with Gasteiger partial charge in [0.2, 0.25) is 11.8 Å². The maximum absolute atomic E-state index is 13.9. The van der Waals surface area contributed by atoms with Crippen LogP contribution in [0.1, 0.15) is 65.1 Å². The van der Waals surface area contributed by atoms with Crippen molar-refractivity contribution in [2.45, 2.75) is 72.2 Å². The first-order valence-electron chi connectivity index (χ1n) is 14.9. The Labute approximate surface area is 261 Å². The van der Waals surface area contributed by atoms with Gasteiger partial charge in [0.05, 0.1) is 25.1 Å². The van der Waals surface area contributed by atoms with Crippen LogP contribution in [0.25, 0.3) is 0 Å². The Balaban J connectivity index is 0.00000529. The van der Waals surface area contributed by atoms with Gasteiger partial charge in [-0.05, 0) is 49.7 Å². The topological polar surface area (TPSA) is 132 Å². The van der Waals surface area contributed by atoms with Crippen LogP contribution in [-0.2, 0) is 25.7 Å². The smallest absolute Gasteiger partial charge is 0.250 e. The van der Waals surface area contributed by atoms with E-state index in [1.54, 1.807) is 30.9 Å². The number of likely N-dealkylation sites (tertiary alicyclic amines) is 1. The van der Waals surface area contributed by atoms with Crippen molar-refractivity contribution in [2.75, 3.05) is 25.0 Å². The molecule has 0 radical (unpaired) electrons. The summed E-state index contributed by atoms with van der Waals surface area (Å²) in [6, 6.07) is 17.5. The van der Waals surface area contributed by atoms with E-state index in [9.17, 15) is 14.4 Å². The molecule has 1 aliphatic heterocycles. The van der Waals surface area contributed by atoms with Gasteiger partial charge in [0.1, 0.15) is 12.1 Å². The molecule has 1 unspecified atom stereocenters. The van der Waals surface area contributed by atoms with Crippen molar-refractivity contribution >= 4 is 23.5 Å². The fourth-order valence-electron chi connectivity index (χ4n) is 5.19. The summed E-state index contributed by atoms with van der Waals surface area (Å²) in [5, 5.41) is 5.47. The average Bonchev–Trinajstić information content (AvgIpc) is 3.44. The third-order valence-corrected chi connectivity index (χ3v) is 7.90. The van der Waals surface area contributed by atoms with E-state index in [1.807, 2.05) is 65.6 Å². The van der Waals surface area contributed by atoms with Gasteiger partial charge in [-0.2, -0.15) is 0 Å². The van der Waals surface area contributed by atoms with E-state index in [1.165, 1.54) is 0 Å². The number of amides is 3. The Bertz CT molecular complexity index is 1340. The van der Waals surface area contributed by atoms with Crippen LogP contribution in [0.3, 0.4) is 0 Å². The number of piperidine rings is 1. The highest BCUT2D eigenvalue weighted by Crippen LogP contribution is 2.28. The van der Waals surface area contributed by atoms with Crippen LogP contribution >= 0.6 is 0 Å². The molecule has 238 valence electrons. The molecular weight excluding hydrogens is 556 g/mol. The van der Waals surface area contributed by atoms with E-state index in [-0.39, 0.29) is 32.4 Å². The summed E-state index contributed by atoms with van der Waals surface area (Å²) in [5.74, 6) is 0.464. The summed E-state index contributed by atoms with van der Waals surface area (Å²) in [6.45, 7) is 9.23. The first-order chi connectivity index (χ1) is 20.5. The Kier molecular flexibility index (Phi) is 12.2. The van der Waals surface area contributed by atoms with E-state index in [4.69, 9.17) is 10.5 Å². The SMILES string of the molecule is C.CC(C)C1CCN(C(=O)C(c2ccccc2)n2cnc(NC(=O)[C@@H](COCc3ccccc3)NC(=O)C(C)(C)N)c2)CC1. The second kappa shape index (κ2) is 15.6. The molecule has 0 saturated carbocycles. The summed E-state index contributed by atoms with van der Waals surface area (Å²) in [6.07, 6.45) is 5.16. The minimum Gasteiger partial charge on any atom is -0.374 e. The number of ether oxygens (including phenoxy) is 1. The van der Waals surface area contributed by atoms with Gasteiger partial charge in [-0.3, -0.25) is 14.4 Å².